The molecule has 1 unspecified atom stereocenters. The Balaban J connectivity index is 2.56. The lowest BCUT2D eigenvalue weighted by Crippen LogP contribution is -2.56. The van der Waals surface area contributed by atoms with Crippen molar-refractivity contribution < 1.29 is 20.4 Å². The Morgan fingerprint density at radius 3 is 1.15 bits per heavy atom. The van der Waals surface area contributed by atoms with Gasteiger partial charge in [-0.1, -0.05) is 135 Å². The SMILES string of the molecule is CC(C)(C)c1ccccc1C(O)C(CO)(CO)C(O)(c1ccccc1C(C)(C)C)c1ccccc1C(C)(C)C. The Morgan fingerprint density at radius 1 is 0.513 bits per heavy atom. The minimum atomic E-state index is -1.96. The molecular formula is C35H48O4. The maximum atomic E-state index is 13.4. The maximum absolute atomic E-state index is 13.4. The molecule has 4 N–H and O–H groups in total. The van der Waals surface area contributed by atoms with Crippen LogP contribution in [-0.2, 0) is 21.8 Å². The molecule has 4 heteroatoms. The number of aliphatic hydroxyl groups excluding tert-OH is 3. The van der Waals surface area contributed by atoms with Gasteiger partial charge in [-0.15, -0.1) is 0 Å². The van der Waals surface area contributed by atoms with Gasteiger partial charge in [0.1, 0.15) is 5.60 Å². The Hall–Kier alpha value is -2.50. The van der Waals surface area contributed by atoms with Crippen LogP contribution in [0.4, 0.5) is 0 Å². The molecule has 4 nitrogen and oxygen atoms in total. The van der Waals surface area contributed by atoms with Gasteiger partial charge in [0.2, 0.25) is 0 Å². The summed E-state index contributed by atoms with van der Waals surface area (Å²) in [7, 11) is 0. The molecule has 0 aliphatic rings. The summed E-state index contributed by atoms with van der Waals surface area (Å²) < 4.78 is 0. The Labute approximate surface area is 235 Å². The summed E-state index contributed by atoms with van der Waals surface area (Å²) in [6.07, 6.45) is -1.39. The van der Waals surface area contributed by atoms with Crippen LogP contribution in [-0.4, -0.2) is 33.6 Å². The van der Waals surface area contributed by atoms with Gasteiger partial charge >= 0.3 is 0 Å². The lowest BCUT2D eigenvalue weighted by Gasteiger charge is -2.51. The number of benzene rings is 3. The molecule has 0 fully saturated rings. The topological polar surface area (TPSA) is 80.9 Å². The Morgan fingerprint density at radius 2 is 0.821 bits per heavy atom. The number of rotatable bonds is 7. The minimum absolute atomic E-state index is 0.320. The summed E-state index contributed by atoms with van der Waals surface area (Å²) in [6.45, 7) is 17.3. The van der Waals surface area contributed by atoms with Gasteiger partial charge in [-0.25, -0.2) is 0 Å². The zero-order valence-electron chi connectivity index (χ0n) is 25.2. The third-order valence-corrected chi connectivity index (χ3v) is 8.12. The predicted octanol–water partition coefficient (Wildman–Crippen LogP) is 6.52. The van der Waals surface area contributed by atoms with Crippen LogP contribution < -0.4 is 0 Å². The molecule has 0 aliphatic heterocycles. The van der Waals surface area contributed by atoms with Gasteiger partial charge in [-0.3, -0.25) is 0 Å². The first-order valence-corrected chi connectivity index (χ1v) is 13.9. The third-order valence-electron chi connectivity index (χ3n) is 8.12. The normalized spacial score (nSPS) is 14.4. The average Bonchev–Trinajstić information content (AvgIpc) is 2.88. The molecule has 0 saturated heterocycles. The maximum Gasteiger partial charge on any atom is 0.128 e. The highest BCUT2D eigenvalue weighted by Crippen LogP contribution is 2.56. The largest absolute Gasteiger partial charge is 0.395 e. The van der Waals surface area contributed by atoms with Crippen LogP contribution in [0.15, 0.2) is 72.8 Å². The molecule has 0 amide bonds. The Bertz CT molecular complexity index is 1210. The molecule has 0 saturated carbocycles. The fraction of sp³-hybridized carbons (Fsp3) is 0.486. The molecule has 1 atom stereocenters. The van der Waals surface area contributed by atoms with Gasteiger partial charge in [0, 0.05) is 0 Å². The number of hydrogen-bond acceptors (Lipinski definition) is 4. The van der Waals surface area contributed by atoms with Crippen molar-refractivity contribution >= 4 is 0 Å². The monoisotopic (exact) mass is 532 g/mol. The van der Waals surface area contributed by atoms with Crippen LogP contribution in [0.1, 0.15) is 102 Å². The van der Waals surface area contributed by atoms with E-state index in [0.29, 0.717) is 16.7 Å². The second kappa shape index (κ2) is 10.8. The molecule has 0 aliphatic carbocycles. The van der Waals surface area contributed by atoms with Crippen molar-refractivity contribution in [3.63, 3.8) is 0 Å². The van der Waals surface area contributed by atoms with Crippen LogP contribution in [0, 0.1) is 5.41 Å². The summed E-state index contributed by atoms with van der Waals surface area (Å²) in [5.74, 6) is 0. The quantitative estimate of drug-likeness (QED) is 0.279. The first-order chi connectivity index (χ1) is 18.0. The van der Waals surface area contributed by atoms with E-state index in [4.69, 9.17) is 0 Å². The van der Waals surface area contributed by atoms with E-state index in [-0.39, 0.29) is 16.2 Å². The molecule has 0 bridgehead atoms. The molecule has 212 valence electrons. The standard InChI is InChI=1S/C35H48O4/c1-31(2,3)25-17-11-10-16-24(25)30(38)34(22-36,23-37)35(39,28-20-14-12-18-26(28)32(4,5)6)29-21-15-13-19-27(29)33(7,8)9/h10-21,30,36-39H,22-23H2,1-9H3. The van der Waals surface area contributed by atoms with Crippen molar-refractivity contribution in [1.29, 1.82) is 0 Å². The van der Waals surface area contributed by atoms with Crippen LogP contribution in [0.2, 0.25) is 0 Å². The average molecular weight is 533 g/mol. The molecule has 0 radical (unpaired) electrons. The van der Waals surface area contributed by atoms with Gasteiger partial charge in [-0.2, -0.15) is 0 Å². The van der Waals surface area contributed by atoms with Crippen molar-refractivity contribution in [2.24, 2.45) is 5.41 Å². The van der Waals surface area contributed by atoms with Crippen molar-refractivity contribution in [2.45, 2.75) is 90.3 Å². The minimum Gasteiger partial charge on any atom is -0.395 e. The molecule has 3 rings (SSSR count). The molecular weight excluding hydrogens is 484 g/mol. The van der Waals surface area contributed by atoms with E-state index >= 15 is 0 Å². The van der Waals surface area contributed by atoms with Gasteiger partial charge in [0.25, 0.3) is 0 Å². The first kappa shape index (κ1) is 31.0. The van der Waals surface area contributed by atoms with E-state index in [9.17, 15) is 20.4 Å². The third kappa shape index (κ3) is 5.45. The van der Waals surface area contributed by atoms with E-state index in [1.165, 1.54) is 0 Å². The first-order valence-electron chi connectivity index (χ1n) is 13.9. The summed E-state index contributed by atoms with van der Waals surface area (Å²) in [4.78, 5) is 0. The van der Waals surface area contributed by atoms with E-state index in [0.717, 1.165) is 16.7 Å². The number of hydrogen-bond donors (Lipinski definition) is 4. The van der Waals surface area contributed by atoms with E-state index < -0.39 is 30.3 Å². The van der Waals surface area contributed by atoms with Crippen molar-refractivity contribution in [3.8, 4) is 0 Å². The fourth-order valence-electron chi connectivity index (χ4n) is 5.95. The molecule has 0 aromatic heterocycles. The highest BCUT2D eigenvalue weighted by molar-refractivity contribution is 5.51. The van der Waals surface area contributed by atoms with Crippen LogP contribution in [0.25, 0.3) is 0 Å². The van der Waals surface area contributed by atoms with Crippen LogP contribution >= 0.6 is 0 Å². The van der Waals surface area contributed by atoms with Crippen molar-refractivity contribution in [2.75, 3.05) is 13.2 Å². The van der Waals surface area contributed by atoms with Crippen molar-refractivity contribution in [3.05, 3.63) is 106 Å². The number of aliphatic hydroxyl groups is 4. The lowest BCUT2D eigenvalue weighted by atomic mass is 9.57. The van der Waals surface area contributed by atoms with E-state index in [1.807, 2.05) is 72.8 Å². The van der Waals surface area contributed by atoms with Gasteiger partial charge in [-0.05, 0) is 49.6 Å². The molecule has 3 aromatic carbocycles. The van der Waals surface area contributed by atoms with E-state index in [1.54, 1.807) is 0 Å². The predicted molar refractivity (Wildman–Crippen MR) is 160 cm³/mol. The summed E-state index contributed by atoms with van der Waals surface area (Å²) >= 11 is 0. The second-order valence-corrected chi connectivity index (χ2v) is 14.0. The van der Waals surface area contributed by atoms with Gasteiger partial charge < -0.3 is 20.4 Å². The molecule has 0 spiro atoms. The van der Waals surface area contributed by atoms with Crippen LogP contribution in [0.3, 0.4) is 0 Å². The molecule has 3 aromatic rings. The lowest BCUT2D eigenvalue weighted by molar-refractivity contribution is -0.174. The highest BCUT2D eigenvalue weighted by atomic mass is 16.3. The van der Waals surface area contributed by atoms with Crippen molar-refractivity contribution in [1.82, 2.24) is 0 Å². The second-order valence-electron chi connectivity index (χ2n) is 14.0. The van der Waals surface area contributed by atoms with Gasteiger partial charge in [0.05, 0.1) is 24.7 Å². The summed E-state index contributed by atoms with van der Waals surface area (Å²) in [5.41, 5.74) is -0.484. The zero-order chi connectivity index (χ0) is 29.4. The smallest absolute Gasteiger partial charge is 0.128 e. The van der Waals surface area contributed by atoms with Gasteiger partial charge in [0.15, 0.2) is 0 Å². The summed E-state index contributed by atoms with van der Waals surface area (Å²) in [6, 6.07) is 22.9. The molecule has 39 heavy (non-hydrogen) atoms. The van der Waals surface area contributed by atoms with E-state index in [2.05, 4.69) is 62.3 Å². The highest BCUT2D eigenvalue weighted by Gasteiger charge is 2.59. The zero-order valence-corrected chi connectivity index (χ0v) is 25.2. The summed E-state index contributed by atoms with van der Waals surface area (Å²) in [5, 5.41) is 48.3. The molecule has 0 heterocycles. The van der Waals surface area contributed by atoms with Crippen LogP contribution in [0.5, 0.6) is 0 Å². The Kier molecular flexibility index (Phi) is 8.61. The fourth-order valence-corrected chi connectivity index (χ4v) is 5.95.